The molecule has 0 aliphatic carbocycles. The molecule has 0 radical (unpaired) electrons. The molecule has 0 aliphatic rings. The number of hydrogen-bond donors (Lipinski definition) is 2. The van der Waals surface area contributed by atoms with Crippen LogP contribution in [-0.2, 0) is 0 Å². The van der Waals surface area contributed by atoms with Gasteiger partial charge in [0.2, 0.25) is 0 Å². The van der Waals surface area contributed by atoms with Crippen molar-refractivity contribution in [3.05, 3.63) is 47.9 Å². The van der Waals surface area contributed by atoms with Crippen molar-refractivity contribution in [3.8, 4) is 0 Å². The lowest BCUT2D eigenvalue weighted by atomic mass is 10.2. The van der Waals surface area contributed by atoms with Crippen LogP contribution in [0.3, 0.4) is 0 Å². The first kappa shape index (κ1) is 10.6. The van der Waals surface area contributed by atoms with Gasteiger partial charge in [0.15, 0.2) is 0 Å². The number of benzene rings is 1. The lowest BCUT2D eigenvalue weighted by molar-refractivity contribution is 0.467. The van der Waals surface area contributed by atoms with E-state index in [-0.39, 0.29) is 6.04 Å². The number of rotatable bonds is 3. The van der Waals surface area contributed by atoms with Crippen LogP contribution in [-0.4, -0.2) is 0 Å². The van der Waals surface area contributed by atoms with E-state index < -0.39 is 0 Å². The van der Waals surface area contributed by atoms with Gasteiger partial charge in [0.05, 0.1) is 6.04 Å². The molecule has 1 heterocycles. The van der Waals surface area contributed by atoms with Gasteiger partial charge in [-0.3, -0.25) is 0 Å². The minimum Gasteiger partial charge on any atom is -0.464 e. The number of nitrogens with two attached hydrogens (primary N) is 1. The Bertz CT molecular complexity index is 476. The summed E-state index contributed by atoms with van der Waals surface area (Å²) >= 11 is 0. The fourth-order valence-corrected chi connectivity index (χ4v) is 1.64. The van der Waals surface area contributed by atoms with Gasteiger partial charge in [0.1, 0.15) is 11.5 Å². The summed E-state index contributed by atoms with van der Waals surface area (Å²) in [6, 6.07) is 11.8. The molecule has 0 spiro atoms. The number of nitrogens with one attached hydrogen (secondary N) is 1. The van der Waals surface area contributed by atoms with Crippen LogP contribution in [0.25, 0.3) is 0 Å². The molecule has 1 unspecified atom stereocenters. The second-order valence-electron chi connectivity index (χ2n) is 3.94. The number of anilines is 2. The number of aryl methyl sites for hydroxylation is 1. The van der Waals surface area contributed by atoms with Crippen LogP contribution in [0.4, 0.5) is 11.4 Å². The van der Waals surface area contributed by atoms with Crippen LogP contribution in [0.2, 0.25) is 0 Å². The maximum absolute atomic E-state index is 5.71. The molecule has 3 heteroatoms. The summed E-state index contributed by atoms with van der Waals surface area (Å²) < 4.78 is 5.55. The Morgan fingerprint density at radius 2 is 2.06 bits per heavy atom. The highest BCUT2D eigenvalue weighted by atomic mass is 16.3. The zero-order valence-corrected chi connectivity index (χ0v) is 9.53. The molecule has 3 N–H and O–H groups in total. The number of nitrogen functional groups attached to an aromatic ring is 1. The Morgan fingerprint density at radius 1 is 1.25 bits per heavy atom. The highest BCUT2D eigenvalue weighted by Crippen LogP contribution is 2.22. The fraction of sp³-hybridized carbons (Fsp3) is 0.231. The smallest absolute Gasteiger partial charge is 0.126 e. The number of hydrogen-bond acceptors (Lipinski definition) is 3. The Hall–Kier alpha value is -1.90. The lowest BCUT2D eigenvalue weighted by Gasteiger charge is -2.13. The largest absolute Gasteiger partial charge is 0.464 e. The normalized spacial score (nSPS) is 12.4. The summed E-state index contributed by atoms with van der Waals surface area (Å²) in [5, 5.41) is 3.34. The molecule has 2 aromatic rings. The summed E-state index contributed by atoms with van der Waals surface area (Å²) in [6.45, 7) is 4.00. The van der Waals surface area contributed by atoms with E-state index in [0.29, 0.717) is 0 Å². The van der Waals surface area contributed by atoms with Crippen LogP contribution >= 0.6 is 0 Å². The maximum atomic E-state index is 5.71. The minimum absolute atomic E-state index is 0.135. The third-order valence-corrected chi connectivity index (χ3v) is 2.46. The molecular weight excluding hydrogens is 200 g/mol. The van der Waals surface area contributed by atoms with Crippen LogP contribution in [0.1, 0.15) is 24.5 Å². The third kappa shape index (κ3) is 2.37. The first-order valence-corrected chi connectivity index (χ1v) is 5.33. The topological polar surface area (TPSA) is 51.2 Å². The van der Waals surface area contributed by atoms with E-state index >= 15 is 0 Å². The van der Waals surface area contributed by atoms with E-state index in [4.69, 9.17) is 10.2 Å². The van der Waals surface area contributed by atoms with Crippen molar-refractivity contribution in [2.75, 3.05) is 11.1 Å². The van der Waals surface area contributed by atoms with Crippen molar-refractivity contribution in [1.82, 2.24) is 0 Å². The minimum atomic E-state index is 0.135. The molecule has 1 aromatic carbocycles. The maximum Gasteiger partial charge on any atom is 0.126 e. The zero-order chi connectivity index (χ0) is 11.5. The van der Waals surface area contributed by atoms with Gasteiger partial charge in [0.25, 0.3) is 0 Å². The van der Waals surface area contributed by atoms with E-state index in [1.54, 1.807) is 0 Å². The van der Waals surface area contributed by atoms with Crippen molar-refractivity contribution in [2.45, 2.75) is 19.9 Å². The summed E-state index contributed by atoms with van der Waals surface area (Å²) in [5.74, 6) is 1.86. The van der Waals surface area contributed by atoms with Crippen molar-refractivity contribution >= 4 is 11.4 Å². The van der Waals surface area contributed by atoms with Gasteiger partial charge in [-0.05, 0) is 44.2 Å². The van der Waals surface area contributed by atoms with E-state index in [2.05, 4.69) is 12.2 Å². The Balaban J connectivity index is 2.10. The predicted octanol–water partition coefficient (Wildman–Crippen LogP) is 3.34. The lowest BCUT2D eigenvalue weighted by Crippen LogP contribution is -2.05. The summed E-state index contributed by atoms with van der Waals surface area (Å²) in [7, 11) is 0. The molecule has 2 rings (SSSR count). The van der Waals surface area contributed by atoms with E-state index in [1.807, 2.05) is 43.3 Å². The first-order chi connectivity index (χ1) is 7.65. The molecule has 1 atom stereocenters. The summed E-state index contributed by atoms with van der Waals surface area (Å²) in [4.78, 5) is 0. The highest BCUT2D eigenvalue weighted by molar-refractivity contribution is 5.54. The number of furan rings is 1. The van der Waals surface area contributed by atoms with Crippen LogP contribution in [0, 0.1) is 6.92 Å². The average molecular weight is 216 g/mol. The Labute approximate surface area is 95.3 Å². The highest BCUT2D eigenvalue weighted by Gasteiger charge is 2.08. The molecule has 0 amide bonds. The quantitative estimate of drug-likeness (QED) is 0.773. The van der Waals surface area contributed by atoms with E-state index in [9.17, 15) is 0 Å². The third-order valence-electron chi connectivity index (χ3n) is 2.46. The molecular formula is C13H16N2O. The molecule has 0 saturated carbocycles. The molecule has 0 aliphatic heterocycles. The summed E-state index contributed by atoms with van der Waals surface area (Å²) in [5.41, 5.74) is 7.47. The molecule has 0 fully saturated rings. The van der Waals surface area contributed by atoms with Crippen molar-refractivity contribution in [1.29, 1.82) is 0 Å². The Morgan fingerprint density at radius 3 is 2.69 bits per heavy atom. The van der Waals surface area contributed by atoms with Crippen LogP contribution < -0.4 is 11.1 Å². The Kier molecular flexibility index (Phi) is 2.86. The standard InChI is InChI=1S/C13H16N2O/c1-9-6-7-13(16-9)10(2)15-12-5-3-4-11(14)8-12/h3-8,10,15H,14H2,1-2H3. The summed E-state index contributed by atoms with van der Waals surface area (Å²) in [6.07, 6.45) is 0. The van der Waals surface area contributed by atoms with Crippen LogP contribution in [0.15, 0.2) is 40.8 Å². The van der Waals surface area contributed by atoms with Gasteiger partial charge in [-0.15, -0.1) is 0 Å². The second kappa shape index (κ2) is 4.31. The van der Waals surface area contributed by atoms with Gasteiger partial charge in [0, 0.05) is 11.4 Å². The van der Waals surface area contributed by atoms with E-state index in [0.717, 1.165) is 22.9 Å². The monoisotopic (exact) mass is 216 g/mol. The molecule has 1 aromatic heterocycles. The van der Waals surface area contributed by atoms with Crippen molar-refractivity contribution in [2.24, 2.45) is 0 Å². The van der Waals surface area contributed by atoms with Crippen LogP contribution in [0.5, 0.6) is 0 Å². The van der Waals surface area contributed by atoms with Crippen molar-refractivity contribution in [3.63, 3.8) is 0 Å². The zero-order valence-electron chi connectivity index (χ0n) is 9.53. The molecule has 3 nitrogen and oxygen atoms in total. The second-order valence-corrected chi connectivity index (χ2v) is 3.94. The molecule has 84 valence electrons. The average Bonchev–Trinajstić information content (AvgIpc) is 2.65. The fourth-order valence-electron chi connectivity index (χ4n) is 1.64. The SMILES string of the molecule is Cc1ccc(C(C)Nc2cccc(N)c2)o1. The first-order valence-electron chi connectivity index (χ1n) is 5.33. The van der Waals surface area contributed by atoms with Gasteiger partial charge in [-0.25, -0.2) is 0 Å². The van der Waals surface area contributed by atoms with E-state index in [1.165, 1.54) is 0 Å². The van der Waals surface area contributed by atoms with Gasteiger partial charge >= 0.3 is 0 Å². The molecule has 16 heavy (non-hydrogen) atoms. The van der Waals surface area contributed by atoms with Gasteiger partial charge in [-0.1, -0.05) is 6.07 Å². The van der Waals surface area contributed by atoms with Gasteiger partial charge in [-0.2, -0.15) is 0 Å². The molecule has 0 bridgehead atoms. The van der Waals surface area contributed by atoms with Gasteiger partial charge < -0.3 is 15.5 Å². The van der Waals surface area contributed by atoms with Crippen molar-refractivity contribution < 1.29 is 4.42 Å². The molecule has 0 saturated heterocycles. The predicted molar refractivity (Wildman–Crippen MR) is 66.3 cm³/mol.